The molecule has 0 aliphatic carbocycles. The molecular weight excluding hydrogens is 316 g/mol. The van der Waals surface area contributed by atoms with E-state index in [1.165, 1.54) is 0 Å². The van der Waals surface area contributed by atoms with Crippen molar-refractivity contribution in [3.8, 4) is 0 Å². The van der Waals surface area contributed by atoms with Crippen LogP contribution in [-0.4, -0.2) is 22.9 Å². The lowest BCUT2D eigenvalue weighted by atomic mass is 10.1. The molecule has 6 heteroatoms. The van der Waals surface area contributed by atoms with Gasteiger partial charge in [0, 0.05) is 29.6 Å². The molecule has 2 heterocycles. The van der Waals surface area contributed by atoms with E-state index < -0.39 is 0 Å². The lowest BCUT2D eigenvalue weighted by molar-refractivity contribution is 0.0950. The van der Waals surface area contributed by atoms with Gasteiger partial charge in [0.2, 0.25) is 0 Å². The fourth-order valence-corrected chi connectivity index (χ4v) is 3.16. The van der Waals surface area contributed by atoms with Crippen molar-refractivity contribution in [3.63, 3.8) is 0 Å². The highest BCUT2D eigenvalue weighted by Gasteiger charge is 2.19. The van der Waals surface area contributed by atoms with Gasteiger partial charge in [-0.15, -0.1) is 0 Å². The van der Waals surface area contributed by atoms with E-state index in [2.05, 4.69) is 10.6 Å². The number of aryl methyl sites for hydroxylation is 1. The maximum atomic E-state index is 12.6. The smallest absolute Gasteiger partial charge is 0.267 e. The number of hydrogen-bond acceptors (Lipinski definition) is 3. The molecule has 126 valence electrons. The third-order valence-electron chi connectivity index (χ3n) is 4.45. The number of rotatable bonds is 2. The maximum absolute atomic E-state index is 12.6. The summed E-state index contributed by atoms with van der Waals surface area (Å²) in [6.45, 7) is 1.41. The number of carbonyl (C=O) groups is 2. The Bertz CT molecular complexity index is 990. The predicted octanol–water partition coefficient (Wildman–Crippen LogP) is 2.61. The average Bonchev–Trinajstić information content (AvgIpc) is 2.88. The van der Waals surface area contributed by atoms with Gasteiger partial charge < -0.3 is 20.9 Å². The quantitative estimate of drug-likeness (QED) is 0.629. The minimum atomic E-state index is -0.228. The van der Waals surface area contributed by atoms with Crippen LogP contribution in [0.15, 0.2) is 48.5 Å². The molecule has 0 bridgehead atoms. The molecule has 6 nitrogen and oxygen atoms in total. The Hall–Kier alpha value is -3.28. The number of aromatic nitrogens is 1. The van der Waals surface area contributed by atoms with Crippen molar-refractivity contribution < 1.29 is 9.59 Å². The Balaban J connectivity index is 1.71. The van der Waals surface area contributed by atoms with E-state index in [4.69, 9.17) is 5.73 Å². The van der Waals surface area contributed by atoms with Crippen LogP contribution in [0.2, 0.25) is 0 Å². The number of fused-ring (bicyclic) bond motifs is 3. The number of amides is 2. The number of hydrogen-bond donors (Lipinski definition) is 3. The standard InChI is InChI=1S/C19H18N4O2/c20-14-4-1-2-5-15(14)22-18(24)13-7-6-12-10-17-19(25)21-8-3-9-23(17)16(12)11-13/h1-2,4-7,10-11H,3,8-9,20H2,(H,21,25)(H,22,24). The lowest BCUT2D eigenvalue weighted by Crippen LogP contribution is -2.22. The highest BCUT2D eigenvalue weighted by Crippen LogP contribution is 2.24. The first kappa shape index (κ1) is 15.3. The molecule has 4 rings (SSSR count). The molecule has 0 radical (unpaired) electrons. The van der Waals surface area contributed by atoms with Gasteiger partial charge in [-0.05, 0) is 36.8 Å². The molecule has 1 aromatic heterocycles. The molecule has 0 spiro atoms. The summed E-state index contributed by atoms with van der Waals surface area (Å²) in [7, 11) is 0. The second-order valence-electron chi connectivity index (χ2n) is 6.11. The number of benzene rings is 2. The van der Waals surface area contributed by atoms with Crippen LogP contribution in [0.4, 0.5) is 11.4 Å². The van der Waals surface area contributed by atoms with Crippen molar-refractivity contribution >= 4 is 34.1 Å². The second kappa shape index (κ2) is 5.98. The zero-order valence-electron chi connectivity index (χ0n) is 13.6. The van der Waals surface area contributed by atoms with Crippen LogP contribution in [0.3, 0.4) is 0 Å². The van der Waals surface area contributed by atoms with E-state index in [1.54, 1.807) is 18.2 Å². The van der Waals surface area contributed by atoms with Crippen LogP contribution < -0.4 is 16.4 Å². The molecule has 4 N–H and O–H groups in total. The molecular formula is C19H18N4O2. The van der Waals surface area contributed by atoms with Gasteiger partial charge in [0.25, 0.3) is 11.8 Å². The molecule has 3 aromatic rings. The molecule has 0 saturated heterocycles. The van der Waals surface area contributed by atoms with E-state index >= 15 is 0 Å². The highest BCUT2D eigenvalue weighted by atomic mass is 16.2. The van der Waals surface area contributed by atoms with Crippen molar-refractivity contribution in [2.75, 3.05) is 17.6 Å². The van der Waals surface area contributed by atoms with Gasteiger partial charge in [-0.2, -0.15) is 0 Å². The average molecular weight is 334 g/mol. The van der Waals surface area contributed by atoms with Gasteiger partial charge in [-0.25, -0.2) is 0 Å². The Morgan fingerprint density at radius 3 is 2.84 bits per heavy atom. The second-order valence-corrected chi connectivity index (χ2v) is 6.11. The van der Waals surface area contributed by atoms with Crippen LogP contribution in [0, 0.1) is 0 Å². The van der Waals surface area contributed by atoms with Gasteiger partial charge >= 0.3 is 0 Å². The minimum absolute atomic E-state index is 0.0724. The van der Waals surface area contributed by atoms with Crippen molar-refractivity contribution in [2.45, 2.75) is 13.0 Å². The van der Waals surface area contributed by atoms with Crippen molar-refractivity contribution in [1.82, 2.24) is 9.88 Å². The van der Waals surface area contributed by atoms with Crippen LogP contribution in [-0.2, 0) is 6.54 Å². The summed E-state index contributed by atoms with van der Waals surface area (Å²) >= 11 is 0. The molecule has 2 aromatic carbocycles. The fraction of sp³-hybridized carbons (Fsp3) is 0.158. The summed E-state index contributed by atoms with van der Waals surface area (Å²) in [6, 6.07) is 14.5. The summed E-state index contributed by atoms with van der Waals surface area (Å²) < 4.78 is 1.98. The van der Waals surface area contributed by atoms with Crippen LogP contribution in [0.1, 0.15) is 27.3 Å². The number of anilines is 2. The number of nitrogen functional groups attached to an aromatic ring is 1. The first-order valence-corrected chi connectivity index (χ1v) is 8.21. The molecule has 25 heavy (non-hydrogen) atoms. The van der Waals surface area contributed by atoms with Gasteiger partial charge in [-0.1, -0.05) is 18.2 Å². The zero-order chi connectivity index (χ0) is 17.4. The normalized spacial score (nSPS) is 13.8. The molecule has 0 saturated carbocycles. The molecule has 1 aliphatic heterocycles. The number of carbonyl (C=O) groups excluding carboxylic acids is 2. The van der Waals surface area contributed by atoms with Crippen molar-refractivity contribution in [2.24, 2.45) is 0 Å². The van der Waals surface area contributed by atoms with Crippen LogP contribution in [0.5, 0.6) is 0 Å². The summed E-state index contributed by atoms with van der Waals surface area (Å²) in [6.07, 6.45) is 0.861. The minimum Gasteiger partial charge on any atom is -0.397 e. The Morgan fingerprint density at radius 2 is 2.00 bits per heavy atom. The van der Waals surface area contributed by atoms with E-state index in [1.807, 2.05) is 34.9 Å². The Kier molecular flexibility index (Phi) is 3.65. The van der Waals surface area contributed by atoms with Crippen molar-refractivity contribution in [3.05, 3.63) is 59.8 Å². The molecule has 0 unspecified atom stereocenters. The van der Waals surface area contributed by atoms with Crippen molar-refractivity contribution in [1.29, 1.82) is 0 Å². The summed E-state index contributed by atoms with van der Waals surface area (Å²) in [5, 5.41) is 6.66. The SMILES string of the molecule is Nc1ccccc1NC(=O)c1ccc2cc3n(c2c1)CCCNC3=O. The monoisotopic (exact) mass is 334 g/mol. The van der Waals surface area contributed by atoms with Crippen LogP contribution >= 0.6 is 0 Å². The molecule has 0 fully saturated rings. The first-order valence-electron chi connectivity index (χ1n) is 8.21. The maximum Gasteiger partial charge on any atom is 0.267 e. The third-order valence-corrected chi connectivity index (χ3v) is 4.45. The van der Waals surface area contributed by atoms with E-state index in [-0.39, 0.29) is 11.8 Å². The van der Waals surface area contributed by atoms with Gasteiger partial charge in [0.1, 0.15) is 5.69 Å². The zero-order valence-corrected chi connectivity index (χ0v) is 13.6. The van der Waals surface area contributed by atoms with Gasteiger partial charge in [0.05, 0.1) is 11.4 Å². The Labute approximate surface area is 144 Å². The number of nitrogens with zero attached hydrogens (tertiary/aromatic N) is 1. The van der Waals surface area contributed by atoms with Crippen LogP contribution in [0.25, 0.3) is 10.9 Å². The molecule has 0 atom stereocenters. The summed E-state index contributed by atoms with van der Waals surface area (Å²) in [4.78, 5) is 24.7. The topological polar surface area (TPSA) is 89.2 Å². The fourth-order valence-electron chi connectivity index (χ4n) is 3.16. The number of nitrogens with one attached hydrogen (secondary N) is 2. The first-order chi connectivity index (χ1) is 12.1. The third kappa shape index (κ3) is 2.71. The summed E-state index contributed by atoms with van der Waals surface area (Å²) in [5.74, 6) is -0.301. The van der Waals surface area contributed by atoms with Gasteiger partial charge in [0.15, 0.2) is 0 Å². The predicted molar refractivity (Wildman–Crippen MR) is 97.7 cm³/mol. The highest BCUT2D eigenvalue weighted by molar-refractivity contribution is 6.08. The number of para-hydroxylation sites is 2. The molecule has 1 aliphatic rings. The summed E-state index contributed by atoms with van der Waals surface area (Å²) in [5.41, 5.74) is 9.04. The lowest BCUT2D eigenvalue weighted by Gasteiger charge is -2.09. The van der Waals surface area contributed by atoms with E-state index in [0.29, 0.717) is 29.2 Å². The van der Waals surface area contributed by atoms with E-state index in [9.17, 15) is 9.59 Å². The molecule has 2 amide bonds. The Morgan fingerprint density at radius 1 is 1.16 bits per heavy atom. The number of nitrogens with two attached hydrogens (primary N) is 1. The van der Waals surface area contributed by atoms with Gasteiger partial charge in [-0.3, -0.25) is 9.59 Å². The van der Waals surface area contributed by atoms with E-state index in [0.717, 1.165) is 23.9 Å². The largest absolute Gasteiger partial charge is 0.397 e.